The van der Waals surface area contributed by atoms with Gasteiger partial charge >= 0.3 is 0 Å². The molecular weight excluding hydrogens is 226 g/mol. The summed E-state index contributed by atoms with van der Waals surface area (Å²) in [5, 5.41) is 17.6. The van der Waals surface area contributed by atoms with E-state index in [1.165, 1.54) is 0 Å². The molecule has 1 N–H and O–H groups in total. The Labute approximate surface area is 89.9 Å². The maximum absolute atomic E-state index is 12.6. The van der Waals surface area contributed by atoms with Crippen LogP contribution in [0.25, 0.3) is 0 Å². The van der Waals surface area contributed by atoms with E-state index in [1.807, 2.05) is 0 Å². The molecule has 0 bridgehead atoms. The van der Waals surface area contributed by atoms with Crippen LogP contribution < -0.4 is 0 Å². The minimum Gasteiger partial charge on any atom is -0.392 e. The van der Waals surface area contributed by atoms with Crippen molar-refractivity contribution in [3.63, 3.8) is 0 Å². The highest BCUT2D eigenvalue weighted by Gasteiger charge is 2.20. The normalized spacial score (nSPS) is 10.4. The maximum Gasteiger partial charge on any atom is 0.265 e. The van der Waals surface area contributed by atoms with E-state index in [4.69, 9.17) is 22.0 Å². The van der Waals surface area contributed by atoms with Crippen LogP contribution in [0.4, 0.5) is 8.78 Å². The predicted octanol–water partition coefficient (Wildman–Crippen LogP) is 2.12. The molecule has 0 spiro atoms. The van der Waals surface area contributed by atoms with Gasteiger partial charge in [0.2, 0.25) is 0 Å². The standard InChI is InChI=1S/C9H7ClF2N2O/c10-1-7-6(4-15)8(9(11)12)5(2-13)3-14-7/h3,9,15H,1,4H2. The maximum atomic E-state index is 12.6. The molecule has 0 fully saturated rings. The fourth-order valence-electron chi connectivity index (χ4n) is 1.24. The summed E-state index contributed by atoms with van der Waals surface area (Å²) in [6.07, 6.45) is -1.79. The van der Waals surface area contributed by atoms with Crippen LogP contribution in [-0.2, 0) is 12.5 Å². The second-order valence-corrected chi connectivity index (χ2v) is 2.98. The van der Waals surface area contributed by atoms with Crippen LogP contribution in [0.2, 0.25) is 0 Å². The number of halogens is 3. The van der Waals surface area contributed by atoms with Gasteiger partial charge in [0.25, 0.3) is 6.43 Å². The molecule has 80 valence electrons. The van der Waals surface area contributed by atoms with E-state index in [0.717, 1.165) is 6.20 Å². The number of rotatable bonds is 3. The van der Waals surface area contributed by atoms with Crippen LogP contribution >= 0.6 is 11.6 Å². The first-order valence-corrected chi connectivity index (χ1v) is 4.54. The zero-order valence-electron chi connectivity index (χ0n) is 7.54. The van der Waals surface area contributed by atoms with Crippen LogP contribution in [-0.4, -0.2) is 10.1 Å². The van der Waals surface area contributed by atoms with Gasteiger partial charge in [-0.2, -0.15) is 5.26 Å². The molecule has 0 unspecified atom stereocenters. The molecule has 1 rings (SSSR count). The Morgan fingerprint density at radius 3 is 2.67 bits per heavy atom. The first kappa shape index (κ1) is 11.8. The van der Waals surface area contributed by atoms with E-state index in [-0.39, 0.29) is 22.7 Å². The van der Waals surface area contributed by atoms with Gasteiger partial charge < -0.3 is 5.11 Å². The van der Waals surface area contributed by atoms with Gasteiger partial charge in [-0.1, -0.05) is 0 Å². The number of aromatic nitrogens is 1. The zero-order valence-corrected chi connectivity index (χ0v) is 8.30. The van der Waals surface area contributed by atoms with Crippen molar-refractivity contribution in [1.82, 2.24) is 4.98 Å². The van der Waals surface area contributed by atoms with Crippen LogP contribution in [0, 0.1) is 11.3 Å². The summed E-state index contributed by atoms with van der Waals surface area (Å²) in [7, 11) is 0. The van der Waals surface area contributed by atoms with Crippen molar-refractivity contribution in [2.75, 3.05) is 0 Å². The molecule has 0 saturated heterocycles. The number of hydrogen-bond acceptors (Lipinski definition) is 3. The molecule has 0 aliphatic carbocycles. The third-order valence-electron chi connectivity index (χ3n) is 1.94. The molecule has 0 aromatic carbocycles. The summed E-state index contributed by atoms with van der Waals surface area (Å²) >= 11 is 5.48. The van der Waals surface area contributed by atoms with Crippen molar-refractivity contribution in [1.29, 1.82) is 5.26 Å². The Bertz CT molecular complexity index is 404. The average Bonchev–Trinajstić information content (AvgIpc) is 2.26. The first-order chi connectivity index (χ1) is 7.15. The second-order valence-electron chi connectivity index (χ2n) is 2.72. The van der Waals surface area contributed by atoms with Gasteiger partial charge in [-0.3, -0.25) is 4.98 Å². The second kappa shape index (κ2) is 5.01. The lowest BCUT2D eigenvalue weighted by molar-refractivity contribution is 0.146. The van der Waals surface area contributed by atoms with Gasteiger partial charge in [0.1, 0.15) is 6.07 Å². The highest BCUT2D eigenvalue weighted by molar-refractivity contribution is 6.17. The van der Waals surface area contributed by atoms with Crippen molar-refractivity contribution < 1.29 is 13.9 Å². The number of pyridine rings is 1. The van der Waals surface area contributed by atoms with Crippen molar-refractivity contribution in [2.24, 2.45) is 0 Å². The Morgan fingerprint density at radius 2 is 2.27 bits per heavy atom. The molecule has 15 heavy (non-hydrogen) atoms. The Morgan fingerprint density at radius 1 is 1.60 bits per heavy atom. The summed E-state index contributed by atoms with van der Waals surface area (Å²) in [5.74, 6) is -0.0820. The van der Waals surface area contributed by atoms with Gasteiger partial charge in [0.05, 0.1) is 23.7 Å². The van der Waals surface area contributed by atoms with Crippen molar-refractivity contribution in [3.05, 3.63) is 28.6 Å². The van der Waals surface area contributed by atoms with Crippen LogP contribution in [0.15, 0.2) is 6.20 Å². The molecule has 0 radical (unpaired) electrons. The number of nitrogens with zero attached hydrogens (tertiary/aromatic N) is 2. The molecule has 0 amide bonds. The summed E-state index contributed by atoms with van der Waals surface area (Å²) in [6, 6.07) is 1.61. The monoisotopic (exact) mass is 232 g/mol. The molecule has 0 aliphatic heterocycles. The third kappa shape index (κ3) is 2.22. The van der Waals surface area contributed by atoms with Crippen LogP contribution in [0.5, 0.6) is 0 Å². The Kier molecular flexibility index (Phi) is 3.95. The summed E-state index contributed by atoms with van der Waals surface area (Å²) in [6.45, 7) is -0.607. The average molecular weight is 233 g/mol. The van der Waals surface area contributed by atoms with Gasteiger partial charge in [-0.25, -0.2) is 8.78 Å². The number of alkyl halides is 3. The van der Waals surface area contributed by atoms with Gasteiger partial charge in [0.15, 0.2) is 0 Å². The van der Waals surface area contributed by atoms with Crippen LogP contribution in [0.1, 0.15) is 28.8 Å². The highest BCUT2D eigenvalue weighted by Crippen LogP contribution is 2.28. The molecule has 6 heteroatoms. The number of nitriles is 1. The van der Waals surface area contributed by atoms with E-state index in [9.17, 15) is 8.78 Å². The fraction of sp³-hybridized carbons (Fsp3) is 0.333. The van der Waals surface area contributed by atoms with Crippen LogP contribution in [0.3, 0.4) is 0 Å². The van der Waals surface area contributed by atoms with E-state index in [0.29, 0.717) is 0 Å². The van der Waals surface area contributed by atoms with Crippen molar-refractivity contribution in [2.45, 2.75) is 18.9 Å². The topological polar surface area (TPSA) is 56.9 Å². The third-order valence-corrected chi connectivity index (χ3v) is 2.19. The molecule has 1 heterocycles. The molecule has 1 aromatic heterocycles. The highest BCUT2D eigenvalue weighted by atomic mass is 35.5. The van der Waals surface area contributed by atoms with E-state index in [1.54, 1.807) is 6.07 Å². The lowest BCUT2D eigenvalue weighted by Gasteiger charge is -2.11. The molecular formula is C9H7ClF2N2O. The number of aliphatic hydroxyl groups is 1. The summed E-state index contributed by atoms with van der Waals surface area (Å²) < 4.78 is 25.3. The molecule has 0 saturated carbocycles. The predicted molar refractivity (Wildman–Crippen MR) is 49.4 cm³/mol. The van der Waals surface area contributed by atoms with Crippen molar-refractivity contribution in [3.8, 4) is 6.07 Å². The SMILES string of the molecule is N#Cc1cnc(CCl)c(CO)c1C(F)F. The summed E-state index contributed by atoms with van der Waals surface area (Å²) in [4.78, 5) is 3.73. The fourth-order valence-corrected chi connectivity index (χ4v) is 1.47. The Balaban J connectivity index is 3.46. The first-order valence-electron chi connectivity index (χ1n) is 4.01. The number of hydrogen-bond donors (Lipinski definition) is 1. The largest absolute Gasteiger partial charge is 0.392 e. The van der Waals surface area contributed by atoms with E-state index >= 15 is 0 Å². The van der Waals surface area contributed by atoms with Gasteiger partial charge in [-0.15, -0.1) is 11.6 Å². The molecule has 3 nitrogen and oxygen atoms in total. The molecule has 0 aliphatic rings. The summed E-state index contributed by atoms with van der Waals surface area (Å²) in [5.41, 5.74) is -0.596. The minimum atomic E-state index is -2.83. The van der Waals surface area contributed by atoms with Crippen molar-refractivity contribution >= 4 is 11.6 Å². The molecule has 1 aromatic rings. The quantitative estimate of drug-likeness (QED) is 0.812. The van der Waals surface area contributed by atoms with E-state index in [2.05, 4.69) is 4.98 Å². The van der Waals surface area contributed by atoms with Gasteiger partial charge in [0, 0.05) is 17.3 Å². The smallest absolute Gasteiger partial charge is 0.265 e. The number of aliphatic hydroxyl groups excluding tert-OH is 1. The Hall–Kier alpha value is -1.25. The van der Waals surface area contributed by atoms with Gasteiger partial charge in [-0.05, 0) is 0 Å². The molecule has 0 atom stereocenters. The van der Waals surface area contributed by atoms with E-state index < -0.39 is 18.6 Å². The zero-order chi connectivity index (χ0) is 11.4. The minimum absolute atomic E-state index is 0.0564. The lowest BCUT2D eigenvalue weighted by Crippen LogP contribution is -2.05. The lowest BCUT2D eigenvalue weighted by atomic mass is 10.0.